The lowest BCUT2D eigenvalue weighted by atomic mass is 10.0. The average molecular weight is 341 g/mol. The number of pyridine rings is 1. The van der Waals surface area contributed by atoms with Crippen molar-refractivity contribution in [3.63, 3.8) is 0 Å². The number of rotatable bonds is 7. The van der Waals surface area contributed by atoms with E-state index >= 15 is 0 Å². The Balaban J connectivity index is 2.22. The van der Waals surface area contributed by atoms with Crippen LogP contribution < -0.4 is 15.8 Å². The van der Waals surface area contributed by atoms with Gasteiger partial charge in [0, 0.05) is 24.4 Å². The topological polar surface area (TPSA) is 106 Å². The van der Waals surface area contributed by atoms with Gasteiger partial charge in [-0.15, -0.1) is 6.42 Å². The first-order chi connectivity index (χ1) is 11.9. The second-order valence-corrected chi connectivity index (χ2v) is 5.89. The molecule has 0 saturated carbocycles. The van der Waals surface area contributed by atoms with Crippen molar-refractivity contribution < 1.29 is 9.84 Å². The number of aliphatic hydroxyl groups excluding tert-OH is 1. The highest BCUT2D eigenvalue weighted by Gasteiger charge is 2.14. The van der Waals surface area contributed by atoms with Gasteiger partial charge >= 0.3 is 0 Å². The third kappa shape index (κ3) is 4.81. The average Bonchev–Trinajstić information content (AvgIpc) is 2.61. The van der Waals surface area contributed by atoms with E-state index < -0.39 is 6.10 Å². The van der Waals surface area contributed by atoms with Crippen LogP contribution in [0.5, 0.6) is 11.5 Å². The zero-order valence-electron chi connectivity index (χ0n) is 14.7. The Morgan fingerprint density at radius 1 is 1.32 bits per heavy atom. The van der Waals surface area contributed by atoms with Gasteiger partial charge in [-0.3, -0.25) is 0 Å². The number of nitrogens with one attached hydrogen (secondary N) is 1. The van der Waals surface area contributed by atoms with Gasteiger partial charge in [0.1, 0.15) is 11.4 Å². The van der Waals surface area contributed by atoms with E-state index in [1.807, 2.05) is 20.8 Å². The Hall–Kier alpha value is -2.85. The van der Waals surface area contributed by atoms with E-state index in [1.54, 1.807) is 12.3 Å². The molecule has 4 N–H and O–H groups in total. The van der Waals surface area contributed by atoms with E-state index in [-0.39, 0.29) is 11.7 Å². The van der Waals surface area contributed by atoms with E-state index in [4.69, 9.17) is 16.9 Å². The third-order valence-corrected chi connectivity index (χ3v) is 3.63. The third-order valence-electron chi connectivity index (χ3n) is 3.63. The fourth-order valence-electron chi connectivity index (χ4n) is 2.07. The largest absolute Gasteiger partial charge is 0.451 e. The molecule has 0 radical (unpaired) electrons. The standard InChI is InChI=1S/C18H23N5O2/c1-5-12-7-15(14(9-20-12)11(3)4)25-16-10-22-18(23-17(16)19)21-8-13(24)6-2/h1,7,9-11,13,24H,6,8H2,2-4H3,(H3,19,21,22,23). The Morgan fingerprint density at radius 3 is 2.68 bits per heavy atom. The van der Waals surface area contributed by atoms with Crippen LogP contribution in [0.3, 0.4) is 0 Å². The molecule has 0 spiro atoms. The first-order valence-electron chi connectivity index (χ1n) is 8.13. The molecule has 1 atom stereocenters. The molecular weight excluding hydrogens is 318 g/mol. The molecule has 7 heteroatoms. The van der Waals surface area contributed by atoms with E-state index in [1.165, 1.54) is 6.20 Å². The predicted molar refractivity (Wildman–Crippen MR) is 97.6 cm³/mol. The lowest BCUT2D eigenvalue weighted by Crippen LogP contribution is -2.19. The van der Waals surface area contributed by atoms with Crippen molar-refractivity contribution in [2.45, 2.75) is 39.2 Å². The summed E-state index contributed by atoms with van der Waals surface area (Å²) >= 11 is 0. The van der Waals surface area contributed by atoms with Crippen molar-refractivity contribution >= 4 is 11.8 Å². The molecule has 0 aliphatic carbocycles. The number of nitrogens with two attached hydrogens (primary N) is 1. The summed E-state index contributed by atoms with van der Waals surface area (Å²) in [5.74, 6) is 4.13. The SMILES string of the molecule is C#Cc1cc(Oc2cnc(NCC(O)CC)nc2N)c(C(C)C)cn1. The summed E-state index contributed by atoms with van der Waals surface area (Å²) < 4.78 is 5.88. The number of aromatic nitrogens is 3. The van der Waals surface area contributed by atoms with E-state index in [0.717, 1.165) is 5.56 Å². The molecule has 0 fully saturated rings. The van der Waals surface area contributed by atoms with Gasteiger partial charge in [0.05, 0.1) is 12.3 Å². The molecule has 0 saturated heterocycles. The normalized spacial score (nSPS) is 11.8. The highest BCUT2D eigenvalue weighted by atomic mass is 16.5. The molecule has 1 unspecified atom stereocenters. The molecule has 7 nitrogen and oxygen atoms in total. The number of ether oxygens (including phenoxy) is 1. The highest BCUT2D eigenvalue weighted by molar-refractivity contribution is 5.51. The zero-order chi connectivity index (χ0) is 18.4. The minimum absolute atomic E-state index is 0.192. The number of nitrogen functional groups attached to an aromatic ring is 1. The van der Waals surface area contributed by atoms with Gasteiger partial charge in [0.2, 0.25) is 5.95 Å². The lowest BCUT2D eigenvalue weighted by Gasteiger charge is -2.15. The van der Waals surface area contributed by atoms with E-state index in [0.29, 0.717) is 36.1 Å². The van der Waals surface area contributed by atoms with Crippen LogP contribution in [0.15, 0.2) is 18.5 Å². The van der Waals surface area contributed by atoms with Gasteiger partial charge in [0.15, 0.2) is 11.6 Å². The maximum Gasteiger partial charge on any atom is 0.224 e. The second-order valence-electron chi connectivity index (χ2n) is 5.89. The summed E-state index contributed by atoms with van der Waals surface area (Å²) in [5, 5.41) is 12.5. The van der Waals surface area contributed by atoms with E-state index in [9.17, 15) is 5.11 Å². The van der Waals surface area contributed by atoms with Crippen molar-refractivity contribution in [3.8, 4) is 23.8 Å². The molecule has 0 aromatic carbocycles. The van der Waals surface area contributed by atoms with Crippen LogP contribution in [-0.2, 0) is 0 Å². The van der Waals surface area contributed by atoms with Crippen LogP contribution in [0.25, 0.3) is 0 Å². The minimum atomic E-state index is -0.464. The van der Waals surface area contributed by atoms with Crippen LogP contribution in [0.1, 0.15) is 44.4 Å². The Bertz CT molecular complexity index is 771. The highest BCUT2D eigenvalue weighted by Crippen LogP contribution is 2.32. The first kappa shape index (κ1) is 18.5. The van der Waals surface area contributed by atoms with Crippen molar-refractivity contribution in [2.75, 3.05) is 17.6 Å². The Morgan fingerprint density at radius 2 is 2.08 bits per heavy atom. The zero-order valence-corrected chi connectivity index (χ0v) is 14.7. The van der Waals surface area contributed by atoms with Gasteiger partial charge in [0.25, 0.3) is 0 Å². The maximum absolute atomic E-state index is 9.57. The van der Waals surface area contributed by atoms with Crippen LogP contribution in [0.4, 0.5) is 11.8 Å². The molecule has 25 heavy (non-hydrogen) atoms. The van der Waals surface area contributed by atoms with Gasteiger partial charge in [-0.25, -0.2) is 9.97 Å². The molecule has 0 bridgehead atoms. The number of hydrogen-bond donors (Lipinski definition) is 3. The monoisotopic (exact) mass is 341 g/mol. The van der Waals surface area contributed by atoms with Crippen molar-refractivity contribution in [2.24, 2.45) is 0 Å². The molecule has 0 aliphatic rings. The maximum atomic E-state index is 9.57. The molecule has 2 aromatic rings. The summed E-state index contributed by atoms with van der Waals surface area (Å²) in [6, 6.07) is 1.69. The summed E-state index contributed by atoms with van der Waals surface area (Å²) in [4.78, 5) is 12.5. The smallest absolute Gasteiger partial charge is 0.224 e. The quantitative estimate of drug-likeness (QED) is 0.664. The van der Waals surface area contributed by atoms with Gasteiger partial charge in [-0.05, 0) is 12.3 Å². The summed E-state index contributed by atoms with van der Waals surface area (Å²) in [6.07, 6.45) is 8.78. The fourth-order valence-corrected chi connectivity index (χ4v) is 2.07. The number of nitrogens with zero attached hydrogens (tertiary/aromatic N) is 3. The van der Waals surface area contributed by atoms with E-state index in [2.05, 4.69) is 26.2 Å². The number of aliphatic hydroxyl groups is 1. The summed E-state index contributed by atoms with van der Waals surface area (Å²) in [5.41, 5.74) is 7.36. The summed E-state index contributed by atoms with van der Waals surface area (Å²) in [6.45, 7) is 6.31. The Labute approximate surface area is 147 Å². The van der Waals surface area contributed by atoms with Gasteiger partial charge in [-0.2, -0.15) is 4.98 Å². The van der Waals surface area contributed by atoms with Gasteiger partial charge in [-0.1, -0.05) is 26.7 Å². The second kappa shape index (κ2) is 8.31. The molecular formula is C18H23N5O2. The van der Waals surface area contributed by atoms with Crippen LogP contribution in [0, 0.1) is 12.3 Å². The lowest BCUT2D eigenvalue weighted by molar-refractivity contribution is 0.183. The Kier molecular flexibility index (Phi) is 6.14. The molecule has 2 aromatic heterocycles. The van der Waals surface area contributed by atoms with Crippen molar-refractivity contribution in [1.29, 1.82) is 0 Å². The number of hydrogen-bond acceptors (Lipinski definition) is 7. The molecule has 2 rings (SSSR count). The number of anilines is 2. The van der Waals surface area contributed by atoms with Crippen LogP contribution in [-0.4, -0.2) is 32.7 Å². The predicted octanol–water partition coefficient (Wildman–Crippen LogP) is 2.53. The fraction of sp³-hybridized carbons (Fsp3) is 0.389. The van der Waals surface area contributed by atoms with Crippen molar-refractivity contribution in [1.82, 2.24) is 15.0 Å². The van der Waals surface area contributed by atoms with Crippen LogP contribution >= 0.6 is 0 Å². The minimum Gasteiger partial charge on any atom is -0.451 e. The molecule has 2 heterocycles. The first-order valence-corrected chi connectivity index (χ1v) is 8.13. The molecule has 0 amide bonds. The van der Waals surface area contributed by atoms with Crippen LogP contribution in [0.2, 0.25) is 0 Å². The van der Waals surface area contributed by atoms with Gasteiger partial charge < -0.3 is 20.9 Å². The molecule has 132 valence electrons. The number of terminal acetylenes is 1. The molecule has 0 aliphatic heterocycles. The van der Waals surface area contributed by atoms with Crippen molar-refractivity contribution in [3.05, 3.63) is 29.7 Å². The summed E-state index contributed by atoms with van der Waals surface area (Å²) in [7, 11) is 0.